The molecule has 0 saturated carbocycles. The Hall–Kier alpha value is -3.10. The third-order valence-electron chi connectivity index (χ3n) is 4.37. The molecule has 0 saturated heterocycles. The van der Waals surface area contributed by atoms with E-state index in [2.05, 4.69) is 10.0 Å². The first-order valence-electron chi connectivity index (χ1n) is 9.22. The smallest absolute Gasteiger partial charge is 0.262 e. The number of nitrogens with one attached hydrogen (secondary N) is 2. The summed E-state index contributed by atoms with van der Waals surface area (Å²) in [5.74, 6) is -0.446. The molecule has 0 radical (unpaired) electrons. The third kappa shape index (κ3) is 5.96. The predicted octanol–water partition coefficient (Wildman–Crippen LogP) is 4.91. The van der Waals surface area contributed by atoms with Crippen molar-refractivity contribution >= 4 is 38.9 Å². The average Bonchev–Trinajstić information content (AvgIpc) is 2.70. The molecule has 3 aromatic rings. The summed E-state index contributed by atoms with van der Waals surface area (Å²) in [4.78, 5) is 12.2. The molecule has 0 aromatic heterocycles. The van der Waals surface area contributed by atoms with Crippen LogP contribution >= 0.6 is 11.6 Å². The Morgan fingerprint density at radius 1 is 1.00 bits per heavy atom. The van der Waals surface area contributed by atoms with Gasteiger partial charge in [-0.2, -0.15) is 0 Å². The van der Waals surface area contributed by atoms with E-state index < -0.39 is 15.8 Å². The monoisotopic (exact) mass is 462 g/mol. The Morgan fingerprint density at radius 2 is 1.71 bits per heavy atom. The minimum atomic E-state index is -3.86. The number of sulfonamides is 1. The maximum absolute atomic E-state index is 13.0. The van der Waals surface area contributed by atoms with Gasteiger partial charge in [0.2, 0.25) is 0 Å². The van der Waals surface area contributed by atoms with Gasteiger partial charge in [0, 0.05) is 16.4 Å². The van der Waals surface area contributed by atoms with Crippen LogP contribution in [0.2, 0.25) is 5.02 Å². The Labute approximate surface area is 185 Å². The lowest BCUT2D eigenvalue weighted by atomic mass is 10.2. The number of rotatable bonds is 7. The Morgan fingerprint density at radius 3 is 2.35 bits per heavy atom. The summed E-state index contributed by atoms with van der Waals surface area (Å²) >= 11 is 5.91. The second-order valence-electron chi connectivity index (χ2n) is 6.84. The van der Waals surface area contributed by atoms with Crippen molar-refractivity contribution in [1.29, 1.82) is 0 Å². The van der Waals surface area contributed by atoms with Crippen molar-refractivity contribution < 1.29 is 22.3 Å². The standard InChI is InChI=1S/C22H20ClFN2O4S/c1-14-11-16(23)3-9-20(14)25-22(27)13-30-21-10-8-19(12-15(21)2)31(28,29)26-18-6-4-17(24)5-7-18/h3-12,26H,13H2,1-2H3,(H,25,27). The summed E-state index contributed by atoms with van der Waals surface area (Å²) in [6, 6.07) is 14.4. The van der Waals surface area contributed by atoms with Gasteiger partial charge in [-0.25, -0.2) is 12.8 Å². The molecule has 1 amide bonds. The third-order valence-corrected chi connectivity index (χ3v) is 5.99. The van der Waals surface area contributed by atoms with Crippen molar-refractivity contribution in [2.24, 2.45) is 0 Å². The normalized spacial score (nSPS) is 11.1. The summed E-state index contributed by atoms with van der Waals surface area (Å²) in [6.07, 6.45) is 0. The maximum atomic E-state index is 13.0. The fourth-order valence-electron chi connectivity index (χ4n) is 2.78. The van der Waals surface area contributed by atoms with E-state index in [1.165, 1.54) is 30.3 Å². The lowest BCUT2D eigenvalue weighted by molar-refractivity contribution is -0.118. The van der Waals surface area contributed by atoms with E-state index in [0.29, 0.717) is 22.0 Å². The van der Waals surface area contributed by atoms with Gasteiger partial charge in [0.05, 0.1) is 4.90 Å². The zero-order valence-electron chi connectivity index (χ0n) is 16.8. The molecular weight excluding hydrogens is 443 g/mol. The molecule has 0 aliphatic carbocycles. The highest BCUT2D eigenvalue weighted by Crippen LogP contribution is 2.24. The largest absolute Gasteiger partial charge is 0.483 e. The predicted molar refractivity (Wildman–Crippen MR) is 119 cm³/mol. The zero-order chi connectivity index (χ0) is 22.6. The first-order chi connectivity index (χ1) is 14.6. The SMILES string of the molecule is Cc1cc(Cl)ccc1NC(=O)COc1ccc(S(=O)(=O)Nc2ccc(F)cc2)cc1C. The molecule has 0 atom stereocenters. The molecule has 0 spiro atoms. The molecule has 0 aliphatic heterocycles. The van der Waals surface area contributed by atoms with E-state index in [1.54, 1.807) is 25.1 Å². The molecule has 3 aromatic carbocycles. The average molecular weight is 463 g/mol. The van der Waals surface area contributed by atoms with Crippen molar-refractivity contribution in [2.75, 3.05) is 16.6 Å². The van der Waals surface area contributed by atoms with Crippen LogP contribution in [0.25, 0.3) is 0 Å². The highest BCUT2D eigenvalue weighted by Gasteiger charge is 2.16. The molecule has 0 fully saturated rings. The van der Waals surface area contributed by atoms with Crippen LogP contribution in [-0.2, 0) is 14.8 Å². The second-order valence-corrected chi connectivity index (χ2v) is 8.95. The van der Waals surface area contributed by atoms with Crippen LogP contribution in [0.15, 0.2) is 65.6 Å². The van der Waals surface area contributed by atoms with Gasteiger partial charge in [0.25, 0.3) is 15.9 Å². The van der Waals surface area contributed by atoms with Crippen LogP contribution in [0.1, 0.15) is 11.1 Å². The van der Waals surface area contributed by atoms with Gasteiger partial charge in [-0.1, -0.05) is 11.6 Å². The molecule has 162 valence electrons. The van der Waals surface area contributed by atoms with Crippen molar-refractivity contribution in [3.05, 3.63) is 82.6 Å². The van der Waals surface area contributed by atoms with E-state index in [-0.39, 0.29) is 23.1 Å². The minimum Gasteiger partial charge on any atom is -0.483 e. The van der Waals surface area contributed by atoms with E-state index in [0.717, 1.165) is 17.7 Å². The second kappa shape index (κ2) is 9.36. The van der Waals surface area contributed by atoms with Gasteiger partial charge < -0.3 is 10.1 Å². The number of hydrogen-bond donors (Lipinski definition) is 2. The number of anilines is 2. The number of carbonyl (C=O) groups excluding carboxylic acids is 1. The van der Waals surface area contributed by atoms with Crippen LogP contribution in [0.4, 0.5) is 15.8 Å². The van der Waals surface area contributed by atoms with Gasteiger partial charge >= 0.3 is 0 Å². The number of carbonyl (C=O) groups is 1. The van der Waals surface area contributed by atoms with Crippen molar-refractivity contribution in [3.63, 3.8) is 0 Å². The highest BCUT2D eigenvalue weighted by molar-refractivity contribution is 7.92. The molecule has 31 heavy (non-hydrogen) atoms. The van der Waals surface area contributed by atoms with E-state index in [4.69, 9.17) is 16.3 Å². The topological polar surface area (TPSA) is 84.5 Å². The first-order valence-corrected chi connectivity index (χ1v) is 11.1. The summed E-state index contributed by atoms with van der Waals surface area (Å²) < 4.78 is 46.0. The molecule has 9 heteroatoms. The maximum Gasteiger partial charge on any atom is 0.262 e. The summed E-state index contributed by atoms with van der Waals surface area (Å²) in [7, 11) is -3.86. The summed E-state index contributed by atoms with van der Waals surface area (Å²) in [6.45, 7) is 3.25. The van der Waals surface area contributed by atoms with Crippen LogP contribution in [-0.4, -0.2) is 20.9 Å². The molecule has 3 rings (SSSR count). The quantitative estimate of drug-likeness (QED) is 0.522. The first kappa shape index (κ1) is 22.6. The fraction of sp³-hybridized carbons (Fsp3) is 0.136. The Kier molecular flexibility index (Phi) is 6.82. The summed E-state index contributed by atoms with van der Waals surface area (Å²) in [5.41, 5.74) is 2.23. The van der Waals surface area contributed by atoms with Crippen LogP contribution in [0.5, 0.6) is 5.75 Å². The molecule has 6 nitrogen and oxygen atoms in total. The fourth-order valence-corrected chi connectivity index (χ4v) is 4.15. The highest BCUT2D eigenvalue weighted by atomic mass is 35.5. The van der Waals surface area contributed by atoms with Gasteiger partial charge in [0.1, 0.15) is 11.6 Å². The van der Waals surface area contributed by atoms with Crippen LogP contribution < -0.4 is 14.8 Å². The van der Waals surface area contributed by atoms with E-state index in [9.17, 15) is 17.6 Å². The Bertz CT molecular complexity index is 1210. The van der Waals surface area contributed by atoms with Crippen molar-refractivity contribution in [2.45, 2.75) is 18.7 Å². The number of amides is 1. The van der Waals surface area contributed by atoms with Crippen LogP contribution in [0, 0.1) is 19.7 Å². The summed E-state index contributed by atoms with van der Waals surface area (Å²) in [5, 5.41) is 3.31. The molecule has 2 N–H and O–H groups in total. The van der Waals surface area contributed by atoms with E-state index in [1.807, 2.05) is 6.92 Å². The number of ether oxygens (including phenoxy) is 1. The van der Waals surface area contributed by atoms with E-state index >= 15 is 0 Å². The lowest BCUT2D eigenvalue weighted by Gasteiger charge is -2.13. The molecule has 0 bridgehead atoms. The zero-order valence-corrected chi connectivity index (χ0v) is 18.4. The van der Waals surface area contributed by atoms with Crippen LogP contribution in [0.3, 0.4) is 0 Å². The number of benzene rings is 3. The Balaban J connectivity index is 1.64. The molecular formula is C22H20ClFN2O4S. The number of aryl methyl sites for hydroxylation is 2. The molecule has 0 aliphatic rings. The van der Waals surface area contributed by atoms with Crippen molar-refractivity contribution in [3.8, 4) is 5.75 Å². The molecule has 0 heterocycles. The number of hydrogen-bond acceptors (Lipinski definition) is 4. The minimum absolute atomic E-state index is 0.0166. The van der Waals surface area contributed by atoms with Gasteiger partial charge in [-0.15, -0.1) is 0 Å². The van der Waals surface area contributed by atoms with Gasteiger partial charge in [-0.3, -0.25) is 9.52 Å². The number of halogens is 2. The van der Waals surface area contributed by atoms with Gasteiger partial charge in [0.15, 0.2) is 6.61 Å². The van der Waals surface area contributed by atoms with Crippen molar-refractivity contribution in [1.82, 2.24) is 0 Å². The van der Waals surface area contributed by atoms with Gasteiger partial charge in [-0.05, 0) is 85.6 Å². The lowest BCUT2D eigenvalue weighted by Crippen LogP contribution is -2.21. The molecule has 0 unspecified atom stereocenters.